The number of nitrogens with zero attached hydrogens (tertiary/aromatic N) is 2. The molecule has 190 valence electrons. The molecule has 0 saturated carbocycles. The largest absolute Gasteiger partial charge is 0.416 e. The molecule has 1 amide bonds. The summed E-state index contributed by atoms with van der Waals surface area (Å²) >= 11 is 1.88. The fraction of sp³-hybridized carbons (Fsp3) is 0.480. The Kier molecular flexibility index (Phi) is 7.43. The van der Waals surface area contributed by atoms with Crippen LogP contribution < -0.4 is 0 Å². The highest BCUT2D eigenvalue weighted by molar-refractivity contribution is 7.99. The minimum Gasteiger partial charge on any atom is -0.338 e. The minimum atomic E-state index is -5.00. The van der Waals surface area contributed by atoms with E-state index in [4.69, 9.17) is 0 Å². The molecule has 35 heavy (non-hydrogen) atoms. The van der Waals surface area contributed by atoms with E-state index in [1.165, 1.54) is 4.90 Å². The molecule has 0 unspecified atom stereocenters. The first-order valence-corrected chi connectivity index (χ1v) is 12.6. The smallest absolute Gasteiger partial charge is 0.338 e. The molecule has 10 heteroatoms. The van der Waals surface area contributed by atoms with Crippen LogP contribution in [0.25, 0.3) is 0 Å². The highest BCUT2D eigenvalue weighted by Gasteiger charge is 2.40. The fourth-order valence-corrected chi connectivity index (χ4v) is 5.80. The van der Waals surface area contributed by atoms with E-state index < -0.39 is 35.0 Å². The van der Waals surface area contributed by atoms with E-state index in [0.29, 0.717) is 18.6 Å². The zero-order valence-electron chi connectivity index (χ0n) is 19.1. The number of hydrogen-bond donors (Lipinski definition) is 0. The van der Waals surface area contributed by atoms with Crippen LogP contribution in [-0.4, -0.2) is 59.4 Å². The van der Waals surface area contributed by atoms with Crippen LogP contribution >= 0.6 is 11.8 Å². The van der Waals surface area contributed by atoms with Crippen molar-refractivity contribution in [3.63, 3.8) is 0 Å². The van der Waals surface area contributed by atoms with Crippen LogP contribution in [-0.2, 0) is 12.4 Å². The molecule has 2 aliphatic heterocycles. The van der Waals surface area contributed by atoms with Gasteiger partial charge in [0.2, 0.25) is 0 Å². The Morgan fingerprint density at radius 3 is 2.00 bits per heavy atom. The second-order valence-corrected chi connectivity index (χ2v) is 10.3. The first kappa shape index (κ1) is 25.9. The van der Waals surface area contributed by atoms with Gasteiger partial charge in [-0.3, -0.25) is 9.69 Å². The zero-order valence-corrected chi connectivity index (χ0v) is 19.9. The predicted octanol–water partition coefficient (Wildman–Crippen LogP) is 6.08. The number of piperidine rings is 1. The maximum Gasteiger partial charge on any atom is 0.416 e. The van der Waals surface area contributed by atoms with Crippen molar-refractivity contribution in [2.75, 3.05) is 37.7 Å². The Balaban J connectivity index is 1.65. The zero-order chi connectivity index (χ0) is 25.4. The molecule has 0 spiro atoms. The number of alkyl halides is 6. The summed E-state index contributed by atoms with van der Waals surface area (Å²) in [6.45, 7) is 4.29. The van der Waals surface area contributed by atoms with E-state index in [-0.39, 0.29) is 31.1 Å². The Morgan fingerprint density at radius 2 is 1.46 bits per heavy atom. The number of rotatable bonds is 3. The van der Waals surface area contributed by atoms with Crippen molar-refractivity contribution in [2.24, 2.45) is 0 Å². The molecular formula is C25H26F6N2OS. The molecule has 2 atom stereocenters. The van der Waals surface area contributed by atoms with Gasteiger partial charge in [0.05, 0.1) is 11.1 Å². The molecule has 0 radical (unpaired) electrons. The fourth-order valence-electron chi connectivity index (χ4n) is 4.87. The number of hydrogen-bond acceptors (Lipinski definition) is 3. The standard InChI is InChI=1S/C25H26F6N2OS/c1-16-2-4-17(5-3-16)21-15-33(7-6-22(21)32-8-10-35-11-9-32)23(34)18-12-19(24(26,27)28)14-20(13-18)25(29,30)31/h2-5,12-14,21-22H,6-11,15H2,1H3/t21-,22-/m1/s1. The van der Waals surface area contributed by atoms with E-state index in [1.54, 1.807) is 0 Å². The summed E-state index contributed by atoms with van der Waals surface area (Å²) in [6.07, 6.45) is -9.40. The second kappa shape index (κ2) is 10.0. The summed E-state index contributed by atoms with van der Waals surface area (Å²) in [5.74, 6) is 1.10. The highest BCUT2D eigenvalue weighted by Crippen LogP contribution is 2.38. The third kappa shape index (κ3) is 5.97. The lowest BCUT2D eigenvalue weighted by molar-refractivity contribution is -0.143. The first-order valence-electron chi connectivity index (χ1n) is 11.4. The van der Waals surface area contributed by atoms with Crippen molar-refractivity contribution < 1.29 is 31.1 Å². The molecule has 0 aliphatic carbocycles. The van der Waals surface area contributed by atoms with Crippen molar-refractivity contribution in [3.05, 3.63) is 70.3 Å². The molecule has 4 rings (SSSR count). The normalized spacial score (nSPS) is 22.3. The summed E-state index contributed by atoms with van der Waals surface area (Å²) in [5, 5.41) is 0. The van der Waals surface area contributed by atoms with Crippen LogP contribution in [0.4, 0.5) is 26.3 Å². The monoisotopic (exact) mass is 516 g/mol. The molecule has 0 N–H and O–H groups in total. The van der Waals surface area contributed by atoms with Gasteiger partial charge in [0.15, 0.2) is 0 Å². The number of aryl methyl sites for hydroxylation is 1. The Bertz CT molecular complexity index is 1020. The Morgan fingerprint density at radius 1 is 0.886 bits per heavy atom. The lowest BCUT2D eigenvalue weighted by Gasteiger charge is -2.45. The summed E-state index contributed by atoms with van der Waals surface area (Å²) in [5.41, 5.74) is -1.47. The summed E-state index contributed by atoms with van der Waals surface area (Å²) < 4.78 is 79.9. The van der Waals surface area contributed by atoms with Gasteiger partial charge in [0.1, 0.15) is 0 Å². The van der Waals surface area contributed by atoms with E-state index in [9.17, 15) is 31.1 Å². The molecule has 2 saturated heterocycles. The van der Waals surface area contributed by atoms with Crippen molar-refractivity contribution in [3.8, 4) is 0 Å². The summed E-state index contributed by atoms with van der Waals surface area (Å²) in [7, 11) is 0. The maximum absolute atomic E-state index is 13.3. The van der Waals surface area contributed by atoms with Crippen LogP contribution in [0.1, 0.15) is 45.0 Å². The number of amides is 1. The molecule has 2 aliphatic rings. The molecule has 2 aromatic rings. The number of carbonyl (C=O) groups is 1. The molecule has 0 aromatic heterocycles. The lowest BCUT2D eigenvalue weighted by Crippen LogP contribution is -2.53. The van der Waals surface area contributed by atoms with Crippen LogP contribution in [0.15, 0.2) is 42.5 Å². The van der Waals surface area contributed by atoms with E-state index in [0.717, 1.165) is 35.7 Å². The van der Waals surface area contributed by atoms with Gasteiger partial charge in [0.25, 0.3) is 5.91 Å². The van der Waals surface area contributed by atoms with Gasteiger partial charge in [-0.15, -0.1) is 0 Å². The topological polar surface area (TPSA) is 23.6 Å². The second-order valence-electron chi connectivity index (χ2n) is 9.07. The van der Waals surface area contributed by atoms with Crippen LogP contribution in [0.2, 0.25) is 0 Å². The van der Waals surface area contributed by atoms with Gasteiger partial charge in [-0.25, -0.2) is 0 Å². The SMILES string of the molecule is Cc1ccc([C@H]2CN(C(=O)c3cc(C(F)(F)F)cc(C(F)(F)F)c3)CC[C@H]2N2CCSCC2)cc1. The first-order chi connectivity index (χ1) is 16.4. The van der Waals surface area contributed by atoms with E-state index >= 15 is 0 Å². The summed E-state index contributed by atoms with van der Waals surface area (Å²) in [4.78, 5) is 17.0. The van der Waals surface area contributed by atoms with Gasteiger partial charge >= 0.3 is 12.4 Å². The number of likely N-dealkylation sites (tertiary alicyclic amines) is 1. The number of thioether (sulfide) groups is 1. The average Bonchev–Trinajstić information content (AvgIpc) is 2.83. The van der Waals surface area contributed by atoms with Gasteiger partial charge in [-0.2, -0.15) is 38.1 Å². The van der Waals surface area contributed by atoms with Crippen LogP contribution in [0.3, 0.4) is 0 Å². The predicted molar refractivity (Wildman–Crippen MR) is 124 cm³/mol. The third-order valence-electron chi connectivity index (χ3n) is 6.72. The van der Waals surface area contributed by atoms with Crippen molar-refractivity contribution in [1.82, 2.24) is 9.80 Å². The van der Waals surface area contributed by atoms with Gasteiger partial charge in [-0.1, -0.05) is 29.8 Å². The Labute approximate surface area is 204 Å². The molecular weight excluding hydrogens is 490 g/mol. The number of halogens is 6. The molecule has 2 aromatic carbocycles. The van der Waals surface area contributed by atoms with Crippen molar-refractivity contribution in [2.45, 2.75) is 37.7 Å². The summed E-state index contributed by atoms with van der Waals surface area (Å²) in [6, 6.07) is 9.17. The number of carbonyl (C=O) groups excluding carboxylic acids is 1. The Hall–Kier alpha value is -2.20. The van der Waals surface area contributed by atoms with Crippen LogP contribution in [0.5, 0.6) is 0 Å². The number of benzene rings is 2. The van der Waals surface area contributed by atoms with Gasteiger partial charge < -0.3 is 4.90 Å². The lowest BCUT2D eigenvalue weighted by atomic mass is 9.84. The highest BCUT2D eigenvalue weighted by atomic mass is 32.2. The van der Waals surface area contributed by atoms with Crippen molar-refractivity contribution >= 4 is 17.7 Å². The quantitative estimate of drug-likeness (QED) is 0.462. The maximum atomic E-state index is 13.3. The van der Waals surface area contributed by atoms with Gasteiger partial charge in [-0.05, 0) is 37.1 Å². The minimum absolute atomic E-state index is 0.0481. The third-order valence-corrected chi connectivity index (χ3v) is 7.66. The van der Waals surface area contributed by atoms with Crippen molar-refractivity contribution in [1.29, 1.82) is 0 Å². The van der Waals surface area contributed by atoms with Crippen LogP contribution in [0, 0.1) is 6.92 Å². The average molecular weight is 517 g/mol. The molecule has 0 bridgehead atoms. The molecule has 2 heterocycles. The van der Waals surface area contributed by atoms with E-state index in [1.807, 2.05) is 43.0 Å². The van der Waals surface area contributed by atoms with E-state index in [2.05, 4.69) is 4.90 Å². The molecule has 3 nitrogen and oxygen atoms in total. The van der Waals surface area contributed by atoms with Gasteiger partial charge in [0, 0.05) is 55.2 Å². The molecule has 2 fully saturated rings.